The first-order chi connectivity index (χ1) is 34.0. The molecule has 6 heteroatoms. The lowest BCUT2D eigenvalue weighted by atomic mass is 10.0. The molecule has 1 unspecified atom stereocenters. The molecule has 0 saturated heterocycles. The Morgan fingerprint density at radius 2 is 0.565 bits per heavy atom. The molecule has 0 N–H and O–H groups in total. The van der Waals surface area contributed by atoms with Gasteiger partial charge in [-0.05, 0) is 70.6 Å². The summed E-state index contributed by atoms with van der Waals surface area (Å²) in [6, 6.07) is 0. The standard InChI is InChI=1S/C63H110O6/c1-4-7-10-13-15-17-19-21-23-25-26-27-28-29-30-31-32-33-34-35-36-38-39-41-43-45-47-50-53-56-62(65)68-59-60(58-67-61(64)55-52-49-12-9-6-3)69-63(66)57-54-51-48-46-44-42-40-37-24-22-20-18-16-14-11-8-5-2/h7,10,15,17,21,23,26-27,29-30,32-33,60H,4-6,8-9,11-14,16,18-20,22,24-25,28,31,34-59H2,1-3H3/b10-7-,17-15-,23-21-,27-26-,30-29-,33-32-. The van der Waals surface area contributed by atoms with Crippen molar-refractivity contribution in [3.63, 3.8) is 0 Å². The van der Waals surface area contributed by atoms with Gasteiger partial charge in [0.15, 0.2) is 6.10 Å². The summed E-state index contributed by atoms with van der Waals surface area (Å²) >= 11 is 0. The third-order valence-corrected chi connectivity index (χ3v) is 12.7. The second-order valence-electron chi connectivity index (χ2n) is 19.5. The lowest BCUT2D eigenvalue weighted by Gasteiger charge is -2.18. The molecule has 69 heavy (non-hydrogen) atoms. The Balaban J connectivity index is 4.05. The number of hydrogen-bond acceptors (Lipinski definition) is 6. The predicted molar refractivity (Wildman–Crippen MR) is 298 cm³/mol. The molecule has 0 fully saturated rings. The second kappa shape index (κ2) is 57.4. The molecule has 0 bridgehead atoms. The van der Waals surface area contributed by atoms with Crippen LogP contribution in [0.5, 0.6) is 0 Å². The minimum Gasteiger partial charge on any atom is -0.462 e. The topological polar surface area (TPSA) is 78.9 Å². The summed E-state index contributed by atoms with van der Waals surface area (Å²) in [6.07, 6.45) is 73.7. The lowest BCUT2D eigenvalue weighted by Crippen LogP contribution is -2.30. The fourth-order valence-corrected chi connectivity index (χ4v) is 8.33. The fraction of sp³-hybridized carbons (Fsp3) is 0.762. The highest BCUT2D eigenvalue weighted by Crippen LogP contribution is 2.16. The number of carbonyl (C=O) groups excluding carboxylic acids is 3. The van der Waals surface area contributed by atoms with Crippen LogP contribution in [-0.4, -0.2) is 37.2 Å². The first-order valence-electron chi connectivity index (χ1n) is 29.4. The smallest absolute Gasteiger partial charge is 0.306 e. The fourth-order valence-electron chi connectivity index (χ4n) is 8.33. The van der Waals surface area contributed by atoms with E-state index in [0.29, 0.717) is 19.3 Å². The first-order valence-corrected chi connectivity index (χ1v) is 29.4. The molecule has 0 aliphatic carbocycles. The third-order valence-electron chi connectivity index (χ3n) is 12.7. The highest BCUT2D eigenvalue weighted by Gasteiger charge is 2.19. The molecular formula is C63H110O6. The van der Waals surface area contributed by atoms with Crippen molar-refractivity contribution in [3.8, 4) is 0 Å². The molecule has 0 rings (SSSR count). The van der Waals surface area contributed by atoms with Crippen molar-refractivity contribution < 1.29 is 28.6 Å². The number of allylic oxidation sites excluding steroid dienone is 12. The highest BCUT2D eigenvalue weighted by atomic mass is 16.6. The summed E-state index contributed by atoms with van der Waals surface area (Å²) in [5.41, 5.74) is 0. The van der Waals surface area contributed by atoms with E-state index in [1.807, 2.05) is 0 Å². The van der Waals surface area contributed by atoms with Crippen LogP contribution in [0.25, 0.3) is 0 Å². The van der Waals surface area contributed by atoms with Gasteiger partial charge in [0.05, 0.1) is 0 Å². The van der Waals surface area contributed by atoms with Gasteiger partial charge in [-0.2, -0.15) is 0 Å². The van der Waals surface area contributed by atoms with E-state index < -0.39 is 6.10 Å². The summed E-state index contributed by atoms with van der Waals surface area (Å²) in [7, 11) is 0. The van der Waals surface area contributed by atoms with Crippen molar-refractivity contribution >= 4 is 17.9 Å². The molecule has 0 spiro atoms. The van der Waals surface area contributed by atoms with Gasteiger partial charge in [-0.15, -0.1) is 0 Å². The van der Waals surface area contributed by atoms with E-state index in [4.69, 9.17) is 14.2 Å². The van der Waals surface area contributed by atoms with Crippen LogP contribution in [0.3, 0.4) is 0 Å². The van der Waals surface area contributed by atoms with Gasteiger partial charge in [-0.25, -0.2) is 0 Å². The minimum atomic E-state index is -0.770. The van der Waals surface area contributed by atoms with Gasteiger partial charge in [0.1, 0.15) is 13.2 Å². The van der Waals surface area contributed by atoms with Gasteiger partial charge >= 0.3 is 17.9 Å². The maximum atomic E-state index is 12.8. The van der Waals surface area contributed by atoms with Crippen molar-refractivity contribution in [2.24, 2.45) is 0 Å². The van der Waals surface area contributed by atoms with Gasteiger partial charge in [-0.3, -0.25) is 14.4 Å². The molecule has 0 aromatic carbocycles. The molecule has 0 aliphatic rings. The van der Waals surface area contributed by atoms with Crippen LogP contribution >= 0.6 is 0 Å². The summed E-state index contributed by atoms with van der Waals surface area (Å²) in [4.78, 5) is 37.8. The average Bonchev–Trinajstić information content (AvgIpc) is 3.35. The number of esters is 3. The minimum absolute atomic E-state index is 0.0741. The Hall–Kier alpha value is -3.15. The number of rotatable bonds is 53. The molecule has 0 heterocycles. The van der Waals surface area contributed by atoms with Crippen molar-refractivity contribution in [2.45, 2.75) is 297 Å². The molecule has 0 aromatic heterocycles. The Labute approximate surface area is 427 Å². The zero-order valence-electron chi connectivity index (χ0n) is 45.6. The first kappa shape index (κ1) is 65.8. The lowest BCUT2D eigenvalue weighted by molar-refractivity contribution is -0.167. The van der Waals surface area contributed by atoms with E-state index in [0.717, 1.165) is 103 Å². The summed E-state index contributed by atoms with van der Waals surface area (Å²) in [6.45, 7) is 6.46. The average molecular weight is 964 g/mol. The van der Waals surface area contributed by atoms with Crippen molar-refractivity contribution in [1.82, 2.24) is 0 Å². The Kier molecular flexibility index (Phi) is 54.8. The van der Waals surface area contributed by atoms with Gasteiger partial charge in [0.2, 0.25) is 0 Å². The Morgan fingerprint density at radius 1 is 0.304 bits per heavy atom. The van der Waals surface area contributed by atoms with Gasteiger partial charge in [0.25, 0.3) is 0 Å². The molecule has 398 valence electrons. The van der Waals surface area contributed by atoms with Crippen molar-refractivity contribution in [3.05, 3.63) is 72.9 Å². The Bertz CT molecular complexity index is 1290. The highest BCUT2D eigenvalue weighted by molar-refractivity contribution is 5.71. The largest absolute Gasteiger partial charge is 0.462 e. The SMILES string of the molecule is CC/C=C\C/C=C\C/C=C\C/C=C\C/C=C\C/C=C\CCCCCCCCCCCCC(=O)OCC(COC(=O)CCCCCCC)OC(=O)CCCCCCCCCCCCCCCCCCC. The molecule has 6 nitrogen and oxygen atoms in total. The number of hydrogen-bond donors (Lipinski definition) is 0. The van der Waals surface area contributed by atoms with Crippen LogP contribution in [0.2, 0.25) is 0 Å². The molecular weight excluding hydrogens is 853 g/mol. The van der Waals surface area contributed by atoms with E-state index >= 15 is 0 Å². The maximum Gasteiger partial charge on any atom is 0.306 e. The summed E-state index contributed by atoms with van der Waals surface area (Å²) in [5, 5.41) is 0. The van der Waals surface area contributed by atoms with Crippen molar-refractivity contribution in [2.75, 3.05) is 13.2 Å². The molecule has 1 atom stereocenters. The van der Waals surface area contributed by atoms with Gasteiger partial charge in [-0.1, -0.05) is 273 Å². The van der Waals surface area contributed by atoms with Crippen LogP contribution in [0.1, 0.15) is 290 Å². The normalized spacial score (nSPS) is 12.6. The molecule has 0 aliphatic heterocycles. The molecule has 0 saturated carbocycles. The second-order valence-corrected chi connectivity index (χ2v) is 19.5. The number of ether oxygens (including phenoxy) is 3. The van der Waals surface area contributed by atoms with Crippen LogP contribution in [0.4, 0.5) is 0 Å². The number of unbranched alkanes of at least 4 members (excludes halogenated alkanes) is 30. The zero-order chi connectivity index (χ0) is 50.0. The van der Waals surface area contributed by atoms with Gasteiger partial charge < -0.3 is 14.2 Å². The molecule has 0 amide bonds. The van der Waals surface area contributed by atoms with E-state index in [1.165, 1.54) is 148 Å². The van der Waals surface area contributed by atoms with Crippen LogP contribution in [-0.2, 0) is 28.6 Å². The molecule has 0 radical (unpaired) electrons. The third kappa shape index (κ3) is 55.6. The monoisotopic (exact) mass is 963 g/mol. The van der Waals surface area contributed by atoms with Crippen LogP contribution < -0.4 is 0 Å². The van der Waals surface area contributed by atoms with E-state index in [2.05, 4.69) is 93.7 Å². The van der Waals surface area contributed by atoms with Crippen LogP contribution in [0.15, 0.2) is 72.9 Å². The Morgan fingerprint density at radius 3 is 0.884 bits per heavy atom. The quantitative estimate of drug-likeness (QED) is 0.0262. The summed E-state index contributed by atoms with van der Waals surface area (Å²) in [5.74, 6) is -0.882. The predicted octanol–water partition coefficient (Wildman–Crippen LogP) is 19.8. The van der Waals surface area contributed by atoms with Gasteiger partial charge in [0, 0.05) is 19.3 Å². The number of carbonyl (C=O) groups is 3. The van der Waals surface area contributed by atoms with E-state index in [1.54, 1.807) is 0 Å². The van der Waals surface area contributed by atoms with E-state index in [9.17, 15) is 14.4 Å². The summed E-state index contributed by atoms with van der Waals surface area (Å²) < 4.78 is 16.7. The van der Waals surface area contributed by atoms with E-state index in [-0.39, 0.29) is 31.1 Å². The zero-order valence-corrected chi connectivity index (χ0v) is 45.6. The molecule has 0 aromatic rings. The maximum absolute atomic E-state index is 12.8. The van der Waals surface area contributed by atoms with Crippen LogP contribution in [0, 0.1) is 0 Å². The van der Waals surface area contributed by atoms with Crippen molar-refractivity contribution in [1.29, 1.82) is 0 Å².